The predicted octanol–water partition coefficient (Wildman–Crippen LogP) is 2.20. The van der Waals surface area contributed by atoms with Gasteiger partial charge >= 0.3 is 0 Å². The molecule has 0 spiro atoms. The predicted molar refractivity (Wildman–Crippen MR) is 75.4 cm³/mol. The third-order valence-electron chi connectivity index (χ3n) is 2.88. The average molecular weight is 259 g/mol. The summed E-state index contributed by atoms with van der Waals surface area (Å²) in [6, 6.07) is 0. The number of hydrogen-bond donors (Lipinski definition) is 1. The highest BCUT2D eigenvalue weighted by Crippen LogP contribution is 2.15. The van der Waals surface area contributed by atoms with Crippen molar-refractivity contribution in [1.29, 1.82) is 0 Å². The van der Waals surface area contributed by atoms with E-state index in [9.17, 15) is 0 Å². The van der Waals surface area contributed by atoms with Crippen LogP contribution in [0.15, 0.2) is 18.6 Å². The zero-order valence-corrected chi connectivity index (χ0v) is 12.0. The first-order valence-electron chi connectivity index (χ1n) is 6.70. The summed E-state index contributed by atoms with van der Waals surface area (Å²) in [5.74, 6) is 1.20. The van der Waals surface area contributed by atoms with Gasteiger partial charge in [-0.05, 0) is 19.0 Å². The van der Waals surface area contributed by atoms with Crippen LogP contribution in [-0.2, 0) is 6.54 Å². The monoisotopic (exact) mass is 259 g/mol. The molecule has 0 aliphatic rings. The molecule has 0 amide bonds. The molecule has 5 heteroatoms. The van der Waals surface area contributed by atoms with Crippen molar-refractivity contribution in [1.82, 2.24) is 25.1 Å². The number of aryl methyl sites for hydroxylation is 1. The first kappa shape index (κ1) is 13.7. The number of nitrogens with zero attached hydrogens (tertiary/aromatic N) is 4. The molecule has 2 aromatic heterocycles. The van der Waals surface area contributed by atoms with Crippen LogP contribution in [0.25, 0.3) is 5.69 Å². The highest BCUT2D eigenvalue weighted by Gasteiger charge is 2.11. The molecule has 2 aromatic rings. The molecule has 0 saturated heterocycles. The van der Waals surface area contributed by atoms with Crippen LogP contribution >= 0.6 is 0 Å². The minimum atomic E-state index is 0.328. The molecule has 2 rings (SSSR count). The Labute approximate surface area is 114 Å². The van der Waals surface area contributed by atoms with Gasteiger partial charge in [-0.3, -0.25) is 0 Å². The van der Waals surface area contributed by atoms with Gasteiger partial charge < -0.3 is 5.32 Å². The number of nitrogens with one attached hydrogen (secondary N) is 1. The quantitative estimate of drug-likeness (QED) is 0.894. The fourth-order valence-corrected chi connectivity index (χ4v) is 1.81. The van der Waals surface area contributed by atoms with E-state index >= 15 is 0 Å². The normalized spacial score (nSPS) is 11.2. The van der Waals surface area contributed by atoms with Crippen LogP contribution in [0.3, 0.4) is 0 Å². The van der Waals surface area contributed by atoms with Gasteiger partial charge in [-0.25, -0.2) is 14.6 Å². The summed E-state index contributed by atoms with van der Waals surface area (Å²) in [7, 11) is 0. The van der Waals surface area contributed by atoms with Gasteiger partial charge in [0.25, 0.3) is 0 Å². The van der Waals surface area contributed by atoms with Crippen LogP contribution < -0.4 is 5.32 Å². The van der Waals surface area contributed by atoms with E-state index < -0.39 is 0 Å². The molecule has 0 aromatic carbocycles. The second-order valence-electron chi connectivity index (χ2n) is 4.96. The fourth-order valence-electron chi connectivity index (χ4n) is 1.81. The summed E-state index contributed by atoms with van der Waals surface area (Å²) in [6.45, 7) is 9.96. The van der Waals surface area contributed by atoms with Crippen LogP contribution in [0.1, 0.15) is 43.8 Å². The molecule has 1 N–H and O–H groups in total. The van der Waals surface area contributed by atoms with Crippen molar-refractivity contribution in [2.45, 2.75) is 40.2 Å². The van der Waals surface area contributed by atoms with Gasteiger partial charge in [0.05, 0.1) is 18.1 Å². The minimum absolute atomic E-state index is 0.328. The second kappa shape index (κ2) is 5.93. The van der Waals surface area contributed by atoms with Gasteiger partial charge in [-0.15, -0.1) is 0 Å². The van der Waals surface area contributed by atoms with Crippen LogP contribution in [0, 0.1) is 6.92 Å². The van der Waals surface area contributed by atoms with Crippen molar-refractivity contribution in [3.05, 3.63) is 35.7 Å². The van der Waals surface area contributed by atoms with E-state index in [4.69, 9.17) is 0 Å². The third kappa shape index (κ3) is 3.17. The maximum Gasteiger partial charge on any atom is 0.131 e. The van der Waals surface area contributed by atoms with Crippen molar-refractivity contribution in [2.75, 3.05) is 6.54 Å². The molecule has 0 radical (unpaired) electrons. The Morgan fingerprint density at radius 1 is 1.32 bits per heavy atom. The molecule has 0 saturated carbocycles. The molecular formula is C14H21N5. The highest BCUT2D eigenvalue weighted by atomic mass is 15.3. The van der Waals surface area contributed by atoms with E-state index in [0.717, 1.165) is 35.9 Å². The van der Waals surface area contributed by atoms with Gasteiger partial charge in [0.15, 0.2) is 0 Å². The number of rotatable bonds is 5. The van der Waals surface area contributed by atoms with Crippen molar-refractivity contribution in [3.63, 3.8) is 0 Å². The van der Waals surface area contributed by atoms with Gasteiger partial charge in [0.2, 0.25) is 0 Å². The molecule has 0 bridgehead atoms. The number of aromatic nitrogens is 4. The summed E-state index contributed by atoms with van der Waals surface area (Å²) < 4.78 is 1.84. The average Bonchev–Trinajstić information content (AvgIpc) is 2.82. The topological polar surface area (TPSA) is 55.6 Å². The Morgan fingerprint density at radius 3 is 2.68 bits per heavy atom. The molecule has 0 unspecified atom stereocenters. The Kier molecular flexibility index (Phi) is 4.27. The Bertz CT molecular complexity index is 545. The van der Waals surface area contributed by atoms with E-state index in [2.05, 4.69) is 41.2 Å². The summed E-state index contributed by atoms with van der Waals surface area (Å²) in [5, 5.41) is 7.65. The first-order valence-corrected chi connectivity index (χ1v) is 6.70. The van der Waals surface area contributed by atoms with Crippen LogP contribution in [0.4, 0.5) is 0 Å². The van der Waals surface area contributed by atoms with E-state index in [1.165, 1.54) is 0 Å². The van der Waals surface area contributed by atoms with Gasteiger partial charge in [0.1, 0.15) is 11.5 Å². The van der Waals surface area contributed by atoms with Crippen molar-refractivity contribution in [3.8, 4) is 5.69 Å². The SMILES string of the molecule is CCNCc1nc(C(C)C)ncc1-n1cc(C)cn1. The minimum Gasteiger partial charge on any atom is -0.311 e. The maximum atomic E-state index is 4.66. The molecule has 2 heterocycles. The van der Waals surface area contributed by atoms with E-state index in [1.54, 1.807) is 0 Å². The van der Waals surface area contributed by atoms with Crippen molar-refractivity contribution in [2.24, 2.45) is 0 Å². The first-order chi connectivity index (χ1) is 9.11. The molecule has 0 aliphatic heterocycles. The summed E-state index contributed by atoms with van der Waals surface area (Å²) >= 11 is 0. The molecule has 0 aliphatic carbocycles. The van der Waals surface area contributed by atoms with E-state index in [-0.39, 0.29) is 0 Å². The molecule has 19 heavy (non-hydrogen) atoms. The highest BCUT2D eigenvalue weighted by molar-refractivity contribution is 5.34. The van der Waals surface area contributed by atoms with Crippen molar-refractivity contribution >= 4 is 0 Å². The van der Waals surface area contributed by atoms with Gasteiger partial charge in [-0.1, -0.05) is 20.8 Å². The van der Waals surface area contributed by atoms with E-state index in [1.807, 2.05) is 30.2 Å². The smallest absolute Gasteiger partial charge is 0.131 e. The van der Waals surface area contributed by atoms with Crippen molar-refractivity contribution < 1.29 is 0 Å². The zero-order valence-electron chi connectivity index (χ0n) is 12.0. The largest absolute Gasteiger partial charge is 0.311 e. The number of hydrogen-bond acceptors (Lipinski definition) is 4. The lowest BCUT2D eigenvalue weighted by atomic mass is 10.2. The van der Waals surface area contributed by atoms with E-state index in [0.29, 0.717) is 5.92 Å². The lowest BCUT2D eigenvalue weighted by molar-refractivity contribution is 0.674. The molecular weight excluding hydrogens is 238 g/mol. The Hall–Kier alpha value is -1.75. The molecule has 102 valence electrons. The third-order valence-corrected chi connectivity index (χ3v) is 2.88. The molecule has 5 nitrogen and oxygen atoms in total. The van der Waals surface area contributed by atoms with Gasteiger partial charge in [-0.2, -0.15) is 5.10 Å². The lowest BCUT2D eigenvalue weighted by Crippen LogP contribution is -2.17. The molecule has 0 fully saturated rings. The summed E-state index contributed by atoms with van der Waals surface area (Å²) in [5.41, 5.74) is 3.06. The Morgan fingerprint density at radius 2 is 2.11 bits per heavy atom. The lowest BCUT2D eigenvalue weighted by Gasteiger charge is -2.12. The van der Waals surface area contributed by atoms with Crippen LogP contribution in [-0.4, -0.2) is 26.3 Å². The zero-order chi connectivity index (χ0) is 13.8. The summed E-state index contributed by atoms with van der Waals surface area (Å²) in [6.07, 6.45) is 5.69. The Balaban J connectivity index is 2.41. The standard InChI is InChI=1S/C14H21N5/c1-5-15-7-12-13(19-9-11(4)6-17-19)8-16-14(18-12)10(2)3/h6,8-10,15H,5,7H2,1-4H3. The second-order valence-corrected chi connectivity index (χ2v) is 4.96. The molecule has 0 atom stereocenters. The van der Waals surface area contributed by atoms with Crippen LogP contribution in [0.5, 0.6) is 0 Å². The van der Waals surface area contributed by atoms with Crippen LogP contribution in [0.2, 0.25) is 0 Å². The fraction of sp³-hybridized carbons (Fsp3) is 0.500. The van der Waals surface area contributed by atoms with Gasteiger partial charge in [0, 0.05) is 18.7 Å². The summed E-state index contributed by atoms with van der Waals surface area (Å²) in [4.78, 5) is 9.09. The maximum absolute atomic E-state index is 4.66.